The van der Waals surface area contributed by atoms with E-state index >= 15 is 0 Å². The van der Waals surface area contributed by atoms with Gasteiger partial charge in [-0.05, 0) is 29.8 Å². The van der Waals surface area contributed by atoms with E-state index in [4.69, 9.17) is 5.84 Å². The van der Waals surface area contributed by atoms with E-state index in [1.54, 1.807) is 30.3 Å². The fourth-order valence-corrected chi connectivity index (χ4v) is 1.52. The number of rotatable bonds is 4. The molecule has 0 saturated carbocycles. The molecule has 0 aliphatic rings. The molecule has 4 N–H and O–H groups in total. The summed E-state index contributed by atoms with van der Waals surface area (Å²) in [4.78, 5) is 15.8. The Kier molecular flexibility index (Phi) is 4.04. The van der Waals surface area contributed by atoms with Gasteiger partial charge in [0.25, 0.3) is 5.91 Å². The monoisotopic (exact) mass is 260 g/mol. The van der Waals surface area contributed by atoms with E-state index in [1.807, 2.05) is 0 Å². The zero-order chi connectivity index (χ0) is 13.7. The van der Waals surface area contributed by atoms with Crippen LogP contribution in [0.25, 0.3) is 0 Å². The highest BCUT2D eigenvalue weighted by molar-refractivity contribution is 5.92. The molecule has 98 valence electrons. The molecule has 6 heteroatoms. The molecule has 0 aliphatic carbocycles. The Morgan fingerprint density at radius 3 is 2.63 bits per heavy atom. The number of carbonyl (C=O) groups excluding carboxylic acids is 1. The molecule has 19 heavy (non-hydrogen) atoms. The average molecular weight is 260 g/mol. The van der Waals surface area contributed by atoms with Gasteiger partial charge in [0.05, 0.1) is 0 Å². The maximum absolute atomic E-state index is 12.7. The van der Waals surface area contributed by atoms with E-state index in [0.717, 1.165) is 5.56 Å². The fraction of sp³-hybridized carbons (Fsp3) is 0.0769. The minimum absolute atomic E-state index is 0.262. The summed E-state index contributed by atoms with van der Waals surface area (Å²) in [5, 5.41) is 2.69. The van der Waals surface area contributed by atoms with Crippen molar-refractivity contribution in [1.29, 1.82) is 0 Å². The molecule has 0 bridgehead atoms. The Balaban J connectivity index is 1.99. The second-order valence-corrected chi connectivity index (χ2v) is 3.86. The molecular formula is C13H13FN4O. The normalized spacial score (nSPS) is 10.0. The zero-order valence-corrected chi connectivity index (χ0v) is 10.1. The number of hydrogen-bond donors (Lipinski definition) is 3. The van der Waals surface area contributed by atoms with E-state index in [2.05, 4.69) is 15.7 Å². The standard InChI is InChI=1S/C13H13FN4O/c14-10-6-4-9(5-7-10)8-16-13(19)11-2-1-3-12(17-11)18-15/h1-7H,8,15H2,(H,16,19)(H,17,18). The molecule has 0 spiro atoms. The number of aromatic nitrogens is 1. The number of pyridine rings is 1. The lowest BCUT2D eigenvalue weighted by Crippen LogP contribution is -2.24. The lowest BCUT2D eigenvalue weighted by molar-refractivity contribution is 0.0946. The Bertz CT molecular complexity index is 571. The SMILES string of the molecule is NNc1cccc(C(=O)NCc2ccc(F)cc2)n1. The Morgan fingerprint density at radius 1 is 1.21 bits per heavy atom. The van der Waals surface area contributed by atoms with Crippen molar-refractivity contribution in [3.63, 3.8) is 0 Å². The third kappa shape index (κ3) is 3.49. The number of amides is 1. The van der Waals surface area contributed by atoms with Gasteiger partial charge in [0, 0.05) is 6.54 Å². The van der Waals surface area contributed by atoms with Gasteiger partial charge in [0.15, 0.2) is 0 Å². The van der Waals surface area contributed by atoms with Crippen LogP contribution in [0.1, 0.15) is 16.1 Å². The van der Waals surface area contributed by atoms with Crippen molar-refractivity contribution in [2.75, 3.05) is 5.43 Å². The highest BCUT2D eigenvalue weighted by Crippen LogP contribution is 2.05. The summed E-state index contributed by atoms with van der Waals surface area (Å²) >= 11 is 0. The van der Waals surface area contributed by atoms with Crippen LogP contribution in [0.5, 0.6) is 0 Å². The molecule has 1 aromatic carbocycles. The molecule has 1 amide bonds. The van der Waals surface area contributed by atoms with E-state index in [9.17, 15) is 9.18 Å². The van der Waals surface area contributed by atoms with Crippen molar-refractivity contribution in [3.8, 4) is 0 Å². The van der Waals surface area contributed by atoms with Gasteiger partial charge in [-0.15, -0.1) is 0 Å². The van der Waals surface area contributed by atoms with Gasteiger partial charge >= 0.3 is 0 Å². The van der Waals surface area contributed by atoms with Gasteiger partial charge in [0.1, 0.15) is 17.3 Å². The van der Waals surface area contributed by atoms with Gasteiger partial charge in [-0.1, -0.05) is 18.2 Å². The van der Waals surface area contributed by atoms with Gasteiger partial charge in [-0.2, -0.15) is 0 Å². The van der Waals surface area contributed by atoms with Crippen LogP contribution in [0.2, 0.25) is 0 Å². The number of carbonyl (C=O) groups is 1. The maximum atomic E-state index is 12.7. The smallest absolute Gasteiger partial charge is 0.270 e. The van der Waals surface area contributed by atoms with Crippen LogP contribution in [-0.4, -0.2) is 10.9 Å². The molecule has 0 unspecified atom stereocenters. The van der Waals surface area contributed by atoms with E-state index < -0.39 is 0 Å². The molecule has 5 nitrogen and oxygen atoms in total. The summed E-state index contributed by atoms with van der Waals surface area (Å²) in [5.41, 5.74) is 3.44. The van der Waals surface area contributed by atoms with Crippen LogP contribution in [-0.2, 0) is 6.54 Å². The number of hydrazine groups is 1. The lowest BCUT2D eigenvalue weighted by Gasteiger charge is -2.06. The van der Waals surface area contributed by atoms with Crippen LogP contribution in [0, 0.1) is 5.82 Å². The first kappa shape index (κ1) is 13.0. The fourth-order valence-electron chi connectivity index (χ4n) is 1.52. The predicted octanol–water partition coefficient (Wildman–Crippen LogP) is 1.44. The molecule has 1 aromatic heterocycles. The molecule has 0 saturated heterocycles. The molecule has 0 aliphatic heterocycles. The van der Waals surface area contributed by atoms with E-state index in [1.165, 1.54) is 12.1 Å². The van der Waals surface area contributed by atoms with Gasteiger partial charge < -0.3 is 10.7 Å². The second kappa shape index (κ2) is 5.92. The maximum Gasteiger partial charge on any atom is 0.270 e. The van der Waals surface area contributed by atoms with Crippen molar-refractivity contribution in [2.45, 2.75) is 6.54 Å². The number of nitrogen functional groups attached to an aromatic ring is 1. The predicted molar refractivity (Wildman–Crippen MR) is 69.6 cm³/mol. The highest BCUT2D eigenvalue weighted by Gasteiger charge is 2.07. The zero-order valence-electron chi connectivity index (χ0n) is 10.1. The Labute approximate surface area is 109 Å². The number of nitrogens with zero attached hydrogens (tertiary/aromatic N) is 1. The first-order valence-corrected chi connectivity index (χ1v) is 5.65. The highest BCUT2D eigenvalue weighted by atomic mass is 19.1. The molecule has 1 heterocycles. The molecule has 0 fully saturated rings. The first-order valence-electron chi connectivity index (χ1n) is 5.65. The van der Waals surface area contributed by atoms with E-state index in [0.29, 0.717) is 12.4 Å². The molecule has 2 rings (SSSR count). The molecule has 0 radical (unpaired) electrons. The summed E-state index contributed by atoms with van der Waals surface area (Å²) in [6.07, 6.45) is 0. The summed E-state index contributed by atoms with van der Waals surface area (Å²) < 4.78 is 12.7. The molecular weight excluding hydrogens is 247 g/mol. The van der Waals surface area contributed by atoms with Crippen molar-refractivity contribution in [1.82, 2.24) is 10.3 Å². The van der Waals surface area contributed by atoms with Crippen LogP contribution in [0.4, 0.5) is 10.2 Å². The average Bonchev–Trinajstić information content (AvgIpc) is 2.46. The Hall–Kier alpha value is -2.47. The number of nitrogens with one attached hydrogen (secondary N) is 2. The molecule has 0 atom stereocenters. The van der Waals surface area contributed by atoms with Crippen molar-refractivity contribution >= 4 is 11.7 Å². The number of hydrogen-bond acceptors (Lipinski definition) is 4. The summed E-state index contributed by atoms with van der Waals surface area (Å²) in [7, 11) is 0. The van der Waals surface area contributed by atoms with Gasteiger partial charge in [-0.25, -0.2) is 15.2 Å². The number of halogens is 1. The minimum Gasteiger partial charge on any atom is -0.347 e. The van der Waals surface area contributed by atoms with Gasteiger partial charge in [-0.3, -0.25) is 4.79 Å². The van der Waals surface area contributed by atoms with Gasteiger partial charge in [0.2, 0.25) is 0 Å². The summed E-state index contributed by atoms with van der Waals surface area (Å²) in [5.74, 6) is 5.00. The summed E-state index contributed by atoms with van der Waals surface area (Å²) in [6, 6.07) is 10.8. The van der Waals surface area contributed by atoms with Crippen molar-refractivity contribution in [2.24, 2.45) is 5.84 Å². The third-order valence-corrected chi connectivity index (χ3v) is 2.50. The first-order chi connectivity index (χ1) is 9.19. The van der Waals surface area contributed by atoms with Crippen LogP contribution in [0.3, 0.4) is 0 Å². The summed E-state index contributed by atoms with van der Waals surface area (Å²) in [6.45, 7) is 0.307. The number of nitrogens with two attached hydrogens (primary N) is 1. The number of benzene rings is 1. The van der Waals surface area contributed by atoms with Crippen molar-refractivity contribution in [3.05, 3.63) is 59.5 Å². The minimum atomic E-state index is -0.318. The van der Waals surface area contributed by atoms with Crippen LogP contribution >= 0.6 is 0 Å². The van der Waals surface area contributed by atoms with Crippen molar-refractivity contribution < 1.29 is 9.18 Å². The third-order valence-electron chi connectivity index (χ3n) is 2.50. The second-order valence-electron chi connectivity index (χ2n) is 3.86. The van der Waals surface area contributed by atoms with E-state index in [-0.39, 0.29) is 17.4 Å². The van der Waals surface area contributed by atoms with Crippen LogP contribution in [0.15, 0.2) is 42.5 Å². The Morgan fingerprint density at radius 2 is 1.95 bits per heavy atom. The van der Waals surface area contributed by atoms with Crippen LogP contribution < -0.4 is 16.6 Å². The molecule has 2 aromatic rings. The lowest BCUT2D eigenvalue weighted by atomic mass is 10.2. The topological polar surface area (TPSA) is 80.0 Å². The quantitative estimate of drug-likeness (QED) is 0.574. The largest absolute Gasteiger partial charge is 0.347 e. The number of anilines is 1.